The Balaban J connectivity index is 1.29. The molecule has 0 spiro atoms. The van der Waals surface area contributed by atoms with Gasteiger partial charge >= 0.3 is 5.76 Å². The van der Waals surface area contributed by atoms with E-state index in [4.69, 9.17) is 4.42 Å². The van der Waals surface area contributed by atoms with Crippen molar-refractivity contribution in [1.29, 1.82) is 0 Å². The highest BCUT2D eigenvalue weighted by molar-refractivity contribution is 5.83. The number of nitrogens with zero attached hydrogens (tertiary/aromatic N) is 2. The molecule has 1 amide bonds. The lowest BCUT2D eigenvalue weighted by Gasteiger charge is -2.28. The molecule has 1 aliphatic heterocycles. The van der Waals surface area contributed by atoms with E-state index in [1.54, 1.807) is 7.05 Å². The van der Waals surface area contributed by atoms with Crippen LogP contribution in [0.3, 0.4) is 0 Å². The van der Waals surface area contributed by atoms with Crippen LogP contribution in [0.15, 0.2) is 63.8 Å². The Morgan fingerprint density at radius 1 is 1.07 bits per heavy atom. The number of benzene rings is 2. The summed E-state index contributed by atoms with van der Waals surface area (Å²) in [5.74, 6) is -0.128. The van der Waals surface area contributed by atoms with E-state index < -0.39 is 0 Å². The summed E-state index contributed by atoms with van der Waals surface area (Å²) < 4.78 is 6.81. The van der Waals surface area contributed by atoms with Crippen LogP contribution in [0.4, 0.5) is 0 Å². The van der Waals surface area contributed by atoms with Gasteiger partial charge in [0.05, 0.1) is 5.52 Å². The number of aryl methyl sites for hydroxylation is 2. The highest BCUT2D eigenvalue weighted by Crippen LogP contribution is 2.25. The standard InChI is InChI=1S/C25H28N2O3/c1-26-22-15-14-20(17-23(22)30-25(26)29)21-12-8-16-27(18-21)24(28)13-7-3-6-11-19-9-4-2-5-10-19/h2,4-5,9-10,12,14-15,17H,3,6-8,11,13,16,18H2,1H3. The predicted molar refractivity (Wildman–Crippen MR) is 119 cm³/mol. The van der Waals surface area contributed by atoms with Gasteiger partial charge in [-0.1, -0.05) is 48.9 Å². The van der Waals surface area contributed by atoms with E-state index in [9.17, 15) is 9.59 Å². The Morgan fingerprint density at radius 3 is 2.73 bits per heavy atom. The quantitative estimate of drug-likeness (QED) is 0.543. The van der Waals surface area contributed by atoms with Crippen molar-refractivity contribution in [3.05, 3.63) is 76.3 Å². The van der Waals surface area contributed by atoms with Crippen molar-refractivity contribution in [2.75, 3.05) is 13.1 Å². The van der Waals surface area contributed by atoms with Crippen molar-refractivity contribution < 1.29 is 9.21 Å². The van der Waals surface area contributed by atoms with Gasteiger partial charge in [0.15, 0.2) is 5.58 Å². The number of hydrogen-bond acceptors (Lipinski definition) is 3. The number of amides is 1. The van der Waals surface area contributed by atoms with E-state index in [1.807, 2.05) is 29.2 Å². The minimum Gasteiger partial charge on any atom is -0.408 e. The highest BCUT2D eigenvalue weighted by atomic mass is 16.4. The molecule has 5 nitrogen and oxygen atoms in total. The fraction of sp³-hybridized carbons (Fsp3) is 0.360. The number of rotatable bonds is 7. The van der Waals surface area contributed by atoms with Gasteiger partial charge in [-0.3, -0.25) is 9.36 Å². The molecule has 0 atom stereocenters. The Morgan fingerprint density at radius 2 is 1.90 bits per heavy atom. The van der Waals surface area contributed by atoms with E-state index in [2.05, 4.69) is 30.3 Å². The highest BCUT2D eigenvalue weighted by Gasteiger charge is 2.19. The summed E-state index contributed by atoms with van der Waals surface area (Å²) in [5.41, 5.74) is 4.86. The zero-order valence-corrected chi connectivity index (χ0v) is 17.5. The zero-order chi connectivity index (χ0) is 20.9. The second kappa shape index (κ2) is 9.16. The first kappa shape index (κ1) is 20.2. The molecule has 0 saturated carbocycles. The largest absolute Gasteiger partial charge is 0.419 e. The summed E-state index contributed by atoms with van der Waals surface area (Å²) in [7, 11) is 1.70. The van der Waals surface area contributed by atoms with Gasteiger partial charge in [-0.2, -0.15) is 0 Å². The van der Waals surface area contributed by atoms with Crippen LogP contribution in [0.5, 0.6) is 0 Å². The molecule has 0 aliphatic carbocycles. The molecule has 2 heterocycles. The van der Waals surface area contributed by atoms with Crippen LogP contribution in [-0.2, 0) is 18.3 Å². The summed E-state index contributed by atoms with van der Waals surface area (Å²) in [6.07, 6.45) is 7.84. The molecule has 30 heavy (non-hydrogen) atoms. The molecular weight excluding hydrogens is 376 g/mol. The Bertz CT molecular complexity index is 1110. The molecule has 156 valence electrons. The normalized spacial score (nSPS) is 14.2. The maximum atomic E-state index is 12.7. The summed E-state index contributed by atoms with van der Waals surface area (Å²) in [5, 5.41) is 0. The predicted octanol–water partition coefficient (Wildman–Crippen LogP) is 4.55. The molecule has 0 saturated heterocycles. The molecule has 3 aromatic rings. The van der Waals surface area contributed by atoms with Crippen LogP contribution in [0, 0.1) is 0 Å². The Kier molecular flexibility index (Phi) is 6.17. The number of carbonyl (C=O) groups excluding carboxylic acids is 1. The monoisotopic (exact) mass is 404 g/mol. The van der Waals surface area contributed by atoms with E-state index in [0.717, 1.165) is 55.3 Å². The first-order valence-corrected chi connectivity index (χ1v) is 10.7. The van der Waals surface area contributed by atoms with Crippen LogP contribution < -0.4 is 5.76 Å². The molecule has 5 heteroatoms. The van der Waals surface area contributed by atoms with Crippen molar-refractivity contribution in [2.24, 2.45) is 7.05 Å². The number of aromatic nitrogens is 1. The van der Waals surface area contributed by atoms with Crippen LogP contribution in [0.1, 0.15) is 43.2 Å². The van der Waals surface area contributed by atoms with E-state index >= 15 is 0 Å². The van der Waals surface area contributed by atoms with Crippen molar-refractivity contribution in [3.8, 4) is 0 Å². The van der Waals surface area contributed by atoms with Crippen molar-refractivity contribution in [2.45, 2.75) is 38.5 Å². The van der Waals surface area contributed by atoms with Crippen molar-refractivity contribution >= 4 is 22.6 Å². The number of oxazole rings is 1. The molecule has 1 aliphatic rings. The van der Waals surface area contributed by atoms with Gasteiger partial charge in [-0.05, 0) is 54.5 Å². The number of hydrogen-bond donors (Lipinski definition) is 0. The third kappa shape index (κ3) is 4.56. The first-order chi connectivity index (χ1) is 14.6. The Hall–Kier alpha value is -3.08. The molecule has 2 aromatic carbocycles. The minimum absolute atomic E-state index is 0.229. The zero-order valence-electron chi connectivity index (χ0n) is 17.5. The average Bonchev–Trinajstić information content (AvgIpc) is 3.07. The lowest BCUT2D eigenvalue weighted by Crippen LogP contribution is -2.35. The Labute approximate surface area is 176 Å². The molecule has 0 radical (unpaired) electrons. The number of unbranched alkanes of at least 4 members (excludes halogenated alkanes) is 2. The van der Waals surface area contributed by atoms with Gasteiger partial charge in [0.25, 0.3) is 0 Å². The lowest BCUT2D eigenvalue weighted by atomic mass is 10.00. The SMILES string of the molecule is Cn1c(=O)oc2cc(C3=CCCN(C(=O)CCCCCc4ccccc4)C3)ccc21. The number of carbonyl (C=O) groups is 1. The second-order valence-electron chi connectivity index (χ2n) is 7.99. The van der Waals surface area contributed by atoms with E-state index in [-0.39, 0.29) is 11.7 Å². The van der Waals surface area contributed by atoms with Gasteiger partial charge in [-0.15, -0.1) is 0 Å². The summed E-state index contributed by atoms with van der Waals surface area (Å²) in [6, 6.07) is 16.3. The van der Waals surface area contributed by atoms with E-state index in [0.29, 0.717) is 18.5 Å². The summed E-state index contributed by atoms with van der Waals surface area (Å²) in [6.45, 7) is 1.39. The molecule has 0 N–H and O–H groups in total. The topological polar surface area (TPSA) is 55.5 Å². The fourth-order valence-corrected chi connectivity index (χ4v) is 4.08. The van der Waals surface area contributed by atoms with Crippen LogP contribution >= 0.6 is 0 Å². The third-order valence-electron chi connectivity index (χ3n) is 5.87. The molecule has 4 rings (SSSR count). The van der Waals surface area contributed by atoms with E-state index in [1.165, 1.54) is 10.1 Å². The van der Waals surface area contributed by atoms with Crippen LogP contribution in [0.2, 0.25) is 0 Å². The molecule has 0 fully saturated rings. The molecular formula is C25H28N2O3. The van der Waals surface area contributed by atoms with Crippen LogP contribution in [-0.4, -0.2) is 28.5 Å². The van der Waals surface area contributed by atoms with Gasteiger partial charge < -0.3 is 9.32 Å². The average molecular weight is 405 g/mol. The number of fused-ring (bicyclic) bond motifs is 1. The minimum atomic E-state index is -0.358. The summed E-state index contributed by atoms with van der Waals surface area (Å²) >= 11 is 0. The summed E-state index contributed by atoms with van der Waals surface area (Å²) in [4.78, 5) is 26.4. The smallest absolute Gasteiger partial charge is 0.408 e. The van der Waals surface area contributed by atoms with Gasteiger partial charge in [0.2, 0.25) is 5.91 Å². The van der Waals surface area contributed by atoms with Gasteiger partial charge in [0.1, 0.15) is 0 Å². The van der Waals surface area contributed by atoms with Crippen molar-refractivity contribution in [1.82, 2.24) is 9.47 Å². The lowest BCUT2D eigenvalue weighted by molar-refractivity contribution is -0.130. The fourth-order valence-electron chi connectivity index (χ4n) is 4.08. The maximum absolute atomic E-state index is 12.7. The third-order valence-corrected chi connectivity index (χ3v) is 5.87. The molecule has 0 bridgehead atoms. The van der Waals surface area contributed by atoms with Gasteiger partial charge in [0, 0.05) is 26.6 Å². The van der Waals surface area contributed by atoms with Crippen molar-refractivity contribution in [3.63, 3.8) is 0 Å². The maximum Gasteiger partial charge on any atom is 0.419 e. The van der Waals surface area contributed by atoms with Gasteiger partial charge in [-0.25, -0.2) is 4.79 Å². The first-order valence-electron chi connectivity index (χ1n) is 10.7. The van der Waals surface area contributed by atoms with Crippen LogP contribution in [0.25, 0.3) is 16.7 Å². The second-order valence-corrected chi connectivity index (χ2v) is 7.99. The molecule has 1 aromatic heterocycles. The molecule has 0 unspecified atom stereocenters.